The number of aliphatic hydroxyl groups excluding tert-OH is 1. The minimum atomic E-state index is 0.0902. The van der Waals surface area contributed by atoms with Crippen molar-refractivity contribution in [3.05, 3.63) is 0 Å². The van der Waals surface area contributed by atoms with Crippen molar-refractivity contribution in [2.45, 2.75) is 51.5 Å². The first kappa shape index (κ1) is 14.5. The molecule has 0 aromatic heterocycles. The van der Waals surface area contributed by atoms with Crippen molar-refractivity contribution >= 4 is 5.91 Å². The molecule has 0 aromatic rings. The number of amides is 1. The van der Waals surface area contributed by atoms with Gasteiger partial charge in [-0.2, -0.15) is 0 Å². The van der Waals surface area contributed by atoms with Gasteiger partial charge in [-0.3, -0.25) is 4.79 Å². The van der Waals surface area contributed by atoms with Crippen molar-refractivity contribution in [2.75, 3.05) is 26.2 Å². The Labute approximate surface area is 104 Å². The van der Waals surface area contributed by atoms with Crippen molar-refractivity contribution in [3.8, 4) is 0 Å². The number of likely N-dealkylation sites (tertiary alicyclic amines) is 1. The fraction of sp³-hybridized carbons (Fsp3) is 0.923. The highest BCUT2D eigenvalue weighted by Gasteiger charge is 2.18. The summed E-state index contributed by atoms with van der Waals surface area (Å²) in [6.45, 7) is 5.28. The van der Waals surface area contributed by atoms with Crippen LogP contribution < -0.4 is 5.32 Å². The molecule has 1 heterocycles. The number of nitrogens with one attached hydrogen (secondary N) is 1. The number of carbonyl (C=O) groups excluding carboxylic acids is 1. The second-order valence-electron chi connectivity index (χ2n) is 4.95. The lowest BCUT2D eigenvalue weighted by molar-refractivity contribution is -0.119. The van der Waals surface area contributed by atoms with E-state index >= 15 is 0 Å². The molecule has 0 radical (unpaired) electrons. The quantitative estimate of drug-likeness (QED) is 0.658. The first-order valence-corrected chi connectivity index (χ1v) is 6.82. The van der Waals surface area contributed by atoms with E-state index in [2.05, 4.69) is 10.2 Å². The van der Waals surface area contributed by atoms with Crippen LogP contribution in [0.15, 0.2) is 0 Å². The van der Waals surface area contributed by atoms with Crippen molar-refractivity contribution in [2.24, 2.45) is 0 Å². The van der Waals surface area contributed by atoms with Gasteiger partial charge in [0.25, 0.3) is 0 Å². The van der Waals surface area contributed by atoms with Crippen molar-refractivity contribution < 1.29 is 9.90 Å². The molecule has 1 aliphatic heterocycles. The molecule has 2 N–H and O–H groups in total. The van der Waals surface area contributed by atoms with E-state index in [1.165, 1.54) is 12.8 Å². The van der Waals surface area contributed by atoms with Crippen LogP contribution >= 0.6 is 0 Å². The Kier molecular flexibility index (Phi) is 7.21. The maximum Gasteiger partial charge on any atom is 0.217 e. The molecule has 100 valence electrons. The number of hydrogen-bond acceptors (Lipinski definition) is 3. The zero-order chi connectivity index (χ0) is 12.5. The van der Waals surface area contributed by atoms with Crippen molar-refractivity contribution in [1.82, 2.24) is 10.2 Å². The summed E-state index contributed by atoms with van der Waals surface area (Å²) in [5.41, 5.74) is 0. The van der Waals surface area contributed by atoms with Gasteiger partial charge < -0.3 is 15.3 Å². The third kappa shape index (κ3) is 6.64. The lowest BCUT2D eigenvalue weighted by Gasteiger charge is -2.32. The highest BCUT2D eigenvalue weighted by atomic mass is 16.2. The van der Waals surface area contributed by atoms with Gasteiger partial charge in [0.1, 0.15) is 0 Å². The van der Waals surface area contributed by atoms with Crippen LogP contribution in [0.4, 0.5) is 0 Å². The summed E-state index contributed by atoms with van der Waals surface area (Å²) in [5, 5.41) is 11.7. The number of carbonyl (C=O) groups is 1. The maximum absolute atomic E-state index is 10.9. The lowest BCUT2D eigenvalue weighted by Crippen LogP contribution is -2.44. The third-order valence-electron chi connectivity index (χ3n) is 3.38. The first-order valence-electron chi connectivity index (χ1n) is 6.82. The van der Waals surface area contributed by atoms with E-state index in [9.17, 15) is 4.79 Å². The summed E-state index contributed by atoms with van der Waals surface area (Å²) in [5.74, 6) is 0.0902. The van der Waals surface area contributed by atoms with Crippen LogP contribution in [-0.4, -0.2) is 48.2 Å². The van der Waals surface area contributed by atoms with Crippen molar-refractivity contribution in [3.63, 3.8) is 0 Å². The predicted octanol–water partition coefficient (Wildman–Crippen LogP) is 1.14. The molecule has 0 aromatic carbocycles. The number of aliphatic hydroxyl groups is 1. The Morgan fingerprint density at radius 2 is 1.88 bits per heavy atom. The Morgan fingerprint density at radius 3 is 2.47 bits per heavy atom. The number of piperidine rings is 1. The van der Waals surface area contributed by atoms with Gasteiger partial charge in [-0.05, 0) is 32.2 Å². The predicted molar refractivity (Wildman–Crippen MR) is 68.8 cm³/mol. The average molecular weight is 242 g/mol. The van der Waals surface area contributed by atoms with E-state index in [0.29, 0.717) is 12.6 Å². The van der Waals surface area contributed by atoms with Crippen LogP contribution in [0.2, 0.25) is 0 Å². The molecule has 1 rings (SSSR count). The second-order valence-corrected chi connectivity index (χ2v) is 4.95. The summed E-state index contributed by atoms with van der Waals surface area (Å²) in [6, 6.07) is 0.387. The molecular formula is C13H26N2O2. The first-order chi connectivity index (χ1) is 8.22. The van der Waals surface area contributed by atoms with Gasteiger partial charge in [0.05, 0.1) is 0 Å². The molecule has 1 saturated heterocycles. The number of rotatable bonds is 7. The molecule has 4 nitrogen and oxygen atoms in total. The van der Waals surface area contributed by atoms with Crippen LogP contribution in [0.25, 0.3) is 0 Å². The van der Waals surface area contributed by atoms with E-state index in [1.54, 1.807) is 6.92 Å². The second kappa shape index (κ2) is 8.48. The summed E-state index contributed by atoms with van der Waals surface area (Å²) >= 11 is 0. The summed E-state index contributed by atoms with van der Waals surface area (Å²) in [4.78, 5) is 13.4. The van der Waals surface area contributed by atoms with Gasteiger partial charge in [-0.15, -0.1) is 0 Å². The zero-order valence-corrected chi connectivity index (χ0v) is 11.0. The topological polar surface area (TPSA) is 52.6 Å². The number of hydrogen-bond donors (Lipinski definition) is 2. The van der Waals surface area contributed by atoms with E-state index in [4.69, 9.17) is 5.11 Å². The monoisotopic (exact) mass is 242 g/mol. The van der Waals surface area contributed by atoms with Crippen LogP contribution in [0.5, 0.6) is 0 Å². The highest BCUT2D eigenvalue weighted by Crippen LogP contribution is 2.11. The van der Waals surface area contributed by atoms with Gasteiger partial charge in [0.2, 0.25) is 5.91 Å². The molecule has 0 saturated carbocycles. The smallest absolute Gasteiger partial charge is 0.217 e. The summed E-state index contributed by atoms with van der Waals surface area (Å²) in [6.07, 6.45) is 6.67. The average Bonchev–Trinajstić information content (AvgIpc) is 2.30. The molecule has 0 unspecified atom stereocenters. The van der Waals surface area contributed by atoms with E-state index in [0.717, 1.165) is 45.3 Å². The van der Waals surface area contributed by atoms with Gasteiger partial charge in [0.15, 0.2) is 0 Å². The van der Waals surface area contributed by atoms with Crippen LogP contribution in [0.1, 0.15) is 45.4 Å². The Morgan fingerprint density at radius 1 is 1.24 bits per heavy atom. The third-order valence-corrected chi connectivity index (χ3v) is 3.38. The van der Waals surface area contributed by atoms with E-state index in [-0.39, 0.29) is 5.91 Å². The van der Waals surface area contributed by atoms with Gasteiger partial charge in [0, 0.05) is 32.7 Å². The van der Waals surface area contributed by atoms with Gasteiger partial charge in [-0.1, -0.05) is 12.8 Å². The largest absolute Gasteiger partial charge is 0.396 e. The molecule has 1 amide bonds. The summed E-state index contributed by atoms with van der Waals surface area (Å²) in [7, 11) is 0. The maximum atomic E-state index is 10.9. The molecule has 0 aliphatic carbocycles. The molecule has 0 spiro atoms. The van der Waals surface area contributed by atoms with Crippen LogP contribution in [0.3, 0.4) is 0 Å². The van der Waals surface area contributed by atoms with Gasteiger partial charge >= 0.3 is 0 Å². The lowest BCUT2D eigenvalue weighted by atomic mass is 10.0. The molecular weight excluding hydrogens is 216 g/mol. The molecule has 1 aliphatic rings. The Bertz CT molecular complexity index is 213. The SMILES string of the molecule is CC(=O)NC1CCN(CCCCCCO)CC1. The highest BCUT2D eigenvalue weighted by molar-refractivity contribution is 5.73. The molecule has 0 bridgehead atoms. The van der Waals surface area contributed by atoms with E-state index < -0.39 is 0 Å². The van der Waals surface area contributed by atoms with Crippen LogP contribution in [0, 0.1) is 0 Å². The fourth-order valence-corrected chi connectivity index (χ4v) is 2.39. The molecule has 0 atom stereocenters. The normalized spacial score (nSPS) is 18.2. The minimum Gasteiger partial charge on any atom is -0.396 e. The summed E-state index contributed by atoms with van der Waals surface area (Å²) < 4.78 is 0. The zero-order valence-electron chi connectivity index (χ0n) is 11.0. The molecule has 1 fully saturated rings. The van der Waals surface area contributed by atoms with Crippen LogP contribution in [-0.2, 0) is 4.79 Å². The van der Waals surface area contributed by atoms with E-state index in [1.807, 2.05) is 0 Å². The Balaban J connectivity index is 2.01. The Hall–Kier alpha value is -0.610. The van der Waals surface area contributed by atoms with Crippen molar-refractivity contribution in [1.29, 1.82) is 0 Å². The fourth-order valence-electron chi connectivity index (χ4n) is 2.39. The minimum absolute atomic E-state index is 0.0902. The standard InChI is InChI=1S/C13H26N2O2/c1-12(17)14-13-6-9-15(10-7-13)8-4-2-3-5-11-16/h13,16H,2-11H2,1H3,(H,14,17). The number of nitrogens with zero attached hydrogens (tertiary/aromatic N) is 1. The van der Waals surface area contributed by atoms with Gasteiger partial charge in [-0.25, -0.2) is 0 Å². The number of unbranched alkanes of at least 4 members (excludes halogenated alkanes) is 3. The molecule has 17 heavy (non-hydrogen) atoms. The molecule has 4 heteroatoms.